The Labute approximate surface area is 108 Å². The zero-order valence-electron chi connectivity index (χ0n) is 11.6. The SMILES string of the molecule is CCCNC1CCN(C(C)CC(F)(F)F)C(C)C1. The lowest BCUT2D eigenvalue weighted by Gasteiger charge is -2.41. The van der Waals surface area contributed by atoms with E-state index >= 15 is 0 Å². The number of nitrogens with zero attached hydrogens (tertiary/aromatic N) is 1. The Balaban J connectivity index is 2.41. The van der Waals surface area contributed by atoms with Gasteiger partial charge in [0.2, 0.25) is 0 Å². The average molecular weight is 266 g/mol. The molecule has 1 fully saturated rings. The molecule has 18 heavy (non-hydrogen) atoms. The van der Waals surface area contributed by atoms with E-state index in [1.54, 1.807) is 6.92 Å². The molecule has 0 aromatic carbocycles. The minimum atomic E-state index is -4.06. The Bertz CT molecular complexity index is 243. The summed E-state index contributed by atoms with van der Waals surface area (Å²) < 4.78 is 37.2. The molecule has 0 saturated carbocycles. The highest BCUT2D eigenvalue weighted by molar-refractivity contribution is 4.86. The van der Waals surface area contributed by atoms with Gasteiger partial charge < -0.3 is 5.32 Å². The van der Waals surface area contributed by atoms with E-state index in [0.29, 0.717) is 6.04 Å². The maximum absolute atomic E-state index is 12.4. The molecule has 1 N–H and O–H groups in total. The molecule has 0 spiro atoms. The zero-order chi connectivity index (χ0) is 13.8. The van der Waals surface area contributed by atoms with Gasteiger partial charge in [-0.05, 0) is 39.7 Å². The molecular weight excluding hydrogens is 241 g/mol. The predicted molar refractivity (Wildman–Crippen MR) is 67.6 cm³/mol. The lowest BCUT2D eigenvalue weighted by Crippen LogP contribution is -2.51. The van der Waals surface area contributed by atoms with E-state index < -0.39 is 18.6 Å². The van der Waals surface area contributed by atoms with Gasteiger partial charge in [-0.25, -0.2) is 0 Å². The van der Waals surface area contributed by atoms with Crippen LogP contribution in [0, 0.1) is 0 Å². The molecule has 1 rings (SSSR count). The summed E-state index contributed by atoms with van der Waals surface area (Å²) >= 11 is 0. The van der Waals surface area contributed by atoms with E-state index in [-0.39, 0.29) is 6.04 Å². The second-order valence-corrected chi connectivity index (χ2v) is 5.43. The number of nitrogens with one attached hydrogen (secondary N) is 1. The van der Waals surface area contributed by atoms with Gasteiger partial charge >= 0.3 is 6.18 Å². The largest absolute Gasteiger partial charge is 0.390 e. The second kappa shape index (κ2) is 6.75. The number of hydrogen-bond donors (Lipinski definition) is 1. The Hall–Kier alpha value is -0.290. The molecule has 1 aliphatic rings. The van der Waals surface area contributed by atoms with Crippen molar-refractivity contribution in [1.82, 2.24) is 10.2 Å². The van der Waals surface area contributed by atoms with Crippen LogP contribution in [-0.4, -0.2) is 42.3 Å². The van der Waals surface area contributed by atoms with E-state index in [2.05, 4.69) is 12.2 Å². The lowest BCUT2D eigenvalue weighted by molar-refractivity contribution is -0.148. The summed E-state index contributed by atoms with van der Waals surface area (Å²) in [6, 6.07) is 0.284. The number of piperidine rings is 1. The van der Waals surface area contributed by atoms with E-state index in [1.165, 1.54) is 0 Å². The first-order chi connectivity index (χ1) is 8.33. The first-order valence-electron chi connectivity index (χ1n) is 6.89. The van der Waals surface area contributed by atoms with Crippen molar-refractivity contribution in [3.05, 3.63) is 0 Å². The van der Waals surface area contributed by atoms with Crippen LogP contribution in [0.2, 0.25) is 0 Å². The van der Waals surface area contributed by atoms with Crippen LogP contribution in [0.3, 0.4) is 0 Å². The van der Waals surface area contributed by atoms with E-state index in [9.17, 15) is 13.2 Å². The molecule has 0 bridgehead atoms. The van der Waals surface area contributed by atoms with Gasteiger partial charge in [0.25, 0.3) is 0 Å². The van der Waals surface area contributed by atoms with Crippen molar-refractivity contribution in [1.29, 1.82) is 0 Å². The topological polar surface area (TPSA) is 15.3 Å². The third-order valence-corrected chi connectivity index (χ3v) is 3.70. The predicted octanol–water partition coefficient (Wildman–Crippen LogP) is 3.18. The fourth-order valence-corrected chi connectivity index (χ4v) is 2.83. The van der Waals surface area contributed by atoms with Crippen molar-refractivity contribution in [2.24, 2.45) is 0 Å². The standard InChI is InChI=1S/C13H25F3N2/c1-4-6-17-12-5-7-18(10(2)8-12)11(3)9-13(14,15)16/h10-12,17H,4-9H2,1-3H3. The van der Waals surface area contributed by atoms with Gasteiger partial charge in [0.15, 0.2) is 0 Å². The van der Waals surface area contributed by atoms with Crippen LogP contribution >= 0.6 is 0 Å². The summed E-state index contributed by atoms with van der Waals surface area (Å²) in [5.74, 6) is 0. The summed E-state index contributed by atoms with van der Waals surface area (Å²) in [6.07, 6.45) is -1.77. The van der Waals surface area contributed by atoms with Crippen LogP contribution in [0.25, 0.3) is 0 Å². The molecule has 3 unspecified atom stereocenters. The molecule has 0 aromatic heterocycles. The van der Waals surface area contributed by atoms with Gasteiger partial charge in [-0.1, -0.05) is 6.92 Å². The number of likely N-dealkylation sites (tertiary alicyclic amines) is 1. The minimum absolute atomic E-state index is 0.227. The fraction of sp³-hybridized carbons (Fsp3) is 1.00. The molecule has 1 heterocycles. The Kier molecular flexibility index (Phi) is 5.92. The molecule has 1 saturated heterocycles. The quantitative estimate of drug-likeness (QED) is 0.822. The van der Waals surface area contributed by atoms with E-state index in [1.807, 2.05) is 11.8 Å². The van der Waals surface area contributed by atoms with Crippen LogP contribution in [-0.2, 0) is 0 Å². The van der Waals surface area contributed by atoms with Crippen molar-refractivity contribution in [2.45, 2.75) is 70.8 Å². The van der Waals surface area contributed by atoms with Gasteiger partial charge in [0, 0.05) is 24.7 Å². The first kappa shape index (κ1) is 15.8. The zero-order valence-corrected chi connectivity index (χ0v) is 11.6. The Morgan fingerprint density at radius 3 is 2.56 bits per heavy atom. The molecule has 5 heteroatoms. The van der Waals surface area contributed by atoms with Crippen LogP contribution in [0.15, 0.2) is 0 Å². The first-order valence-corrected chi connectivity index (χ1v) is 6.89. The van der Waals surface area contributed by atoms with Crippen molar-refractivity contribution in [3.63, 3.8) is 0 Å². The van der Waals surface area contributed by atoms with E-state index in [4.69, 9.17) is 0 Å². The smallest absolute Gasteiger partial charge is 0.314 e. The van der Waals surface area contributed by atoms with Crippen molar-refractivity contribution in [3.8, 4) is 0 Å². The van der Waals surface area contributed by atoms with Crippen molar-refractivity contribution >= 4 is 0 Å². The normalized spacial score (nSPS) is 28.3. The summed E-state index contributed by atoms with van der Waals surface area (Å²) in [7, 11) is 0. The Morgan fingerprint density at radius 1 is 1.39 bits per heavy atom. The molecule has 0 aliphatic carbocycles. The van der Waals surface area contributed by atoms with Gasteiger partial charge in [-0.15, -0.1) is 0 Å². The van der Waals surface area contributed by atoms with Crippen LogP contribution in [0.5, 0.6) is 0 Å². The minimum Gasteiger partial charge on any atom is -0.314 e. The summed E-state index contributed by atoms with van der Waals surface area (Å²) in [5, 5.41) is 3.46. The Morgan fingerprint density at radius 2 is 2.06 bits per heavy atom. The monoisotopic (exact) mass is 266 g/mol. The molecule has 2 nitrogen and oxygen atoms in total. The van der Waals surface area contributed by atoms with Crippen molar-refractivity contribution < 1.29 is 13.2 Å². The molecule has 0 amide bonds. The van der Waals surface area contributed by atoms with Gasteiger partial charge in [0.1, 0.15) is 0 Å². The number of rotatable bonds is 5. The summed E-state index contributed by atoms with van der Waals surface area (Å²) in [4.78, 5) is 2.00. The third-order valence-electron chi connectivity index (χ3n) is 3.70. The maximum Gasteiger partial charge on any atom is 0.390 e. The van der Waals surface area contributed by atoms with Crippen molar-refractivity contribution in [2.75, 3.05) is 13.1 Å². The van der Waals surface area contributed by atoms with Gasteiger partial charge in [0.05, 0.1) is 6.42 Å². The molecule has 108 valence electrons. The third kappa shape index (κ3) is 5.14. The highest BCUT2D eigenvalue weighted by Crippen LogP contribution is 2.27. The molecule has 0 aromatic rings. The number of alkyl halides is 3. The van der Waals surface area contributed by atoms with Crippen LogP contribution in [0.1, 0.15) is 46.5 Å². The van der Waals surface area contributed by atoms with Crippen LogP contribution in [0.4, 0.5) is 13.2 Å². The second-order valence-electron chi connectivity index (χ2n) is 5.43. The number of halogens is 3. The maximum atomic E-state index is 12.4. The molecular formula is C13H25F3N2. The summed E-state index contributed by atoms with van der Waals surface area (Å²) in [6.45, 7) is 7.60. The van der Waals surface area contributed by atoms with Gasteiger partial charge in [-0.3, -0.25) is 4.90 Å². The van der Waals surface area contributed by atoms with E-state index in [0.717, 1.165) is 32.4 Å². The molecule has 3 atom stereocenters. The molecule has 1 aliphatic heterocycles. The van der Waals surface area contributed by atoms with Gasteiger partial charge in [-0.2, -0.15) is 13.2 Å². The number of hydrogen-bond acceptors (Lipinski definition) is 2. The highest BCUT2D eigenvalue weighted by Gasteiger charge is 2.35. The lowest BCUT2D eigenvalue weighted by atomic mass is 9.96. The highest BCUT2D eigenvalue weighted by atomic mass is 19.4. The molecule has 0 radical (unpaired) electrons. The fourth-order valence-electron chi connectivity index (χ4n) is 2.83. The van der Waals surface area contributed by atoms with Crippen LogP contribution < -0.4 is 5.32 Å². The average Bonchev–Trinajstić information content (AvgIpc) is 2.23. The summed E-state index contributed by atoms with van der Waals surface area (Å²) in [5.41, 5.74) is 0.